The molecule has 2 heterocycles. The molecule has 0 radical (unpaired) electrons. The van der Waals surface area contributed by atoms with Crippen molar-refractivity contribution in [3.8, 4) is 0 Å². The van der Waals surface area contributed by atoms with Crippen LogP contribution in [0, 0.1) is 0 Å². The van der Waals surface area contributed by atoms with Crippen molar-refractivity contribution in [1.29, 1.82) is 0 Å². The molecule has 4 rings (SSSR count). The van der Waals surface area contributed by atoms with Gasteiger partial charge in [0.15, 0.2) is 0 Å². The monoisotopic (exact) mass is 470 g/mol. The van der Waals surface area contributed by atoms with Crippen molar-refractivity contribution >= 4 is 34.9 Å². The number of urea groups is 1. The van der Waals surface area contributed by atoms with Crippen molar-refractivity contribution in [1.82, 2.24) is 9.80 Å². The first-order valence-corrected chi connectivity index (χ1v) is 11.6. The summed E-state index contributed by atoms with van der Waals surface area (Å²) >= 11 is 5.94. The number of anilines is 2. The maximum Gasteiger partial charge on any atom is 0.322 e. The minimum absolute atomic E-state index is 0.223. The standard InChI is InChI=1S/C25H31ClN4O3/c1-25(23(31)27-21-7-4-17-10-12-29(2)13-11-18(17)14-21)15-22(33-3)16-30(25)24(32)28-20-8-5-19(26)6-9-20/h4-9,14,22H,10-13,15-16H2,1-3H3,(H,27,31)(H,28,32)/t22?,25-/m0/s1. The molecule has 7 nitrogen and oxygen atoms in total. The van der Waals surface area contributed by atoms with Crippen molar-refractivity contribution in [2.75, 3.05) is 44.4 Å². The Morgan fingerprint density at radius 3 is 2.39 bits per heavy atom. The first kappa shape index (κ1) is 23.5. The minimum atomic E-state index is -1.05. The molecule has 1 saturated heterocycles. The summed E-state index contributed by atoms with van der Waals surface area (Å²) in [6.07, 6.45) is 2.15. The van der Waals surface area contributed by atoms with E-state index in [1.807, 2.05) is 6.07 Å². The fraction of sp³-hybridized carbons (Fsp3) is 0.440. The van der Waals surface area contributed by atoms with Gasteiger partial charge < -0.3 is 25.2 Å². The molecule has 2 aliphatic rings. The van der Waals surface area contributed by atoms with Crippen LogP contribution < -0.4 is 10.6 Å². The highest BCUT2D eigenvalue weighted by Crippen LogP contribution is 2.33. The fourth-order valence-corrected chi connectivity index (χ4v) is 4.73. The number of carbonyl (C=O) groups excluding carboxylic acids is 2. The molecule has 0 saturated carbocycles. The van der Waals surface area contributed by atoms with Gasteiger partial charge in [0.1, 0.15) is 5.54 Å². The molecular formula is C25H31ClN4O3. The fourth-order valence-electron chi connectivity index (χ4n) is 4.61. The lowest BCUT2D eigenvalue weighted by molar-refractivity contribution is -0.124. The number of fused-ring (bicyclic) bond motifs is 1. The van der Waals surface area contributed by atoms with Gasteiger partial charge in [0.05, 0.1) is 6.10 Å². The molecule has 176 valence electrons. The van der Waals surface area contributed by atoms with Gasteiger partial charge in [0, 0.05) is 49.6 Å². The van der Waals surface area contributed by atoms with Gasteiger partial charge >= 0.3 is 6.03 Å². The Hall–Kier alpha value is -2.61. The average Bonchev–Trinajstić information content (AvgIpc) is 3.05. The largest absolute Gasteiger partial charge is 0.380 e. The molecule has 2 N–H and O–H groups in total. The van der Waals surface area contributed by atoms with Crippen molar-refractivity contribution in [3.05, 3.63) is 58.6 Å². The summed E-state index contributed by atoms with van der Waals surface area (Å²) in [7, 11) is 3.73. The lowest BCUT2D eigenvalue weighted by Crippen LogP contribution is -2.54. The Morgan fingerprint density at radius 2 is 1.70 bits per heavy atom. The Balaban J connectivity index is 1.51. The Kier molecular flexibility index (Phi) is 6.93. The molecule has 2 aliphatic heterocycles. The molecule has 0 aliphatic carbocycles. The van der Waals surface area contributed by atoms with Crippen LogP contribution >= 0.6 is 11.6 Å². The van der Waals surface area contributed by atoms with Crippen LogP contribution in [-0.4, -0.2) is 67.2 Å². The van der Waals surface area contributed by atoms with Gasteiger partial charge in [-0.25, -0.2) is 4.79 Å². The molecule has 2 aromatic rings. The average molecular weight is 471 g/mol. The number of benzene rings is 2. The summed E-state index contributed by atoms with van der Waals surface area (Å²) in [5.41, 5.74) is 2.91. The van der Waals surface area contributed by atoms with Crippen molar-refractivity contribution < 1.29 is 14.3 Å². The second-order valence-corrected chi connectivity index (χ2v) is 9.56. The van der Waals surface area contributed by atoms with E-state index in [-0.39, 0.29) is 18.0 Å². The summed E-state index contributed by atoms with van der Waals surface area (Å²) in [6.45, 7) is 4.15. The lowest BCUT2D eigenvalue weighted by atomic mass is 9.96. The van der Waals surface area contributed by atoms with Gasteiger partial charge in [-0.2, -0.15) is 0 Å². The zero-order valence-electron chi connectivity index (χ0n) is 19.4. The summed E-state index contributed by atoms with van der Waals surface area (Å²) in [6, 6.07) is 12.7. The van der Waals surface area contributed by atoms with Crippen LogP contribution in [0.15, 0.2) is 42.5 Å². The van der Waals surface area contributed by atoms with Crippen LogP contribution in [-0.2, 0) is 22.4 Å². The van der Waals surface area contributed by atoms with Gasteiger partial charge in [-0.3, -0.25) is 4.79 Å². The van der Waals surface area contributed by atoms with E-state index in [0.29, 0.717) is 23.7 Å². The number of hydrogen-bond donors (Lipinski definition) is 2. The maximum absolute atomic E-state index is 13.5. The summed E-state index contributed by atoms with van der Waals surface area (Å²) < 4.78 is 5.53. The topological polar surface area (TPSA) is 73.9 Å². The summed E-state index contributed by atoms with van der Waals surface area (Å²) in [5.74, 6) is -0.223. The van der Waals surface area contributed by atoms with E-state index in [4.69, 9.17) is 16.3 Å². The molecule has 3 amide bonds. The number of likely N-dealkylation sites (N-methyl/N-ethyl adjacent to an activating group) is 1. The predicted molar refractivity (Wildman–Crippen MR) is 131 cm³/mol. The van der Waals surface area contributed by atoms with E-state index in [1.54, 1.807) is 43.2 Å². The highest BCUT2D eigenvalue weighted by Gasteiger charge is 2.50. The molecule has 0 aromatic heterocycles. The van der Waals surface area contributed by atoms with E-state index in [2.05, 4.69) is 34.7 Å². The first-order valence-electron chi connectivity index (χ1n) is 11.3. The van der Waals surface area contributed by atoms with Crippen LogP contribution in [0.2, 0.25) is 5.02 Å². The number of amides is 3. The summed E-state index contributed by atoms with van der Waals surface area (Å²) in [4.78, 5) is 30.5. The molecule has 2 aromatic carbocycles. The number of likely N-dealkylation sites (tertiary alicyclic amines) is 1. The third-order valence-corrected chi connectivity index (χ3v) is 7.01. The third-order valence-electron chi connectivity index (χ3n) is 6.76. The van der Waals surface area contributed by atoms with E-state index in [0.717, 1.165) is 31.6 Å². The number of nitrogens with one attached hydrogen (secondary N) is 2. The van der Waals surface area contributed by atoms with Crippen LogP contribution in [0.3, 0.4) is 0 Å². The van der Waals surface area contributed by atoms with Gasteiger partial charge in [-0.05, 0) is 74.3 Å². The second-order valence-electron chi connectivity index (χ2n) is 9.12. The third kappa shape index (κ3) is 5.16. The normalized spacial score (nSPS) is 23.0. The van der Waals surface area contributed by atoms with E-state index >= 15 is 0 Å². The van der Waals surface area contributed by atoms with Gasteiger partial charge in [0.2, 0.25) is 5.91 Å². The van der Waals surface area contributed by atoms with E-state index < -0.39 is 5.54 Å². The molecule has 8 heteroatoms. The Morgan fingerprint density at radius 1 is 1.03 bits per heavy atom. The van der Waals surface area contributed by atoms with E-state index in [1.165, 1.54) is 11.1 Å². The zero-order valence-corrected chi connectivity index (χ0v) is 20.1. The number of rotatable bonds is 4. The van der Waals surface area contributed by atoms with Crippen LogP contribution in [0.1, 0.15) is 24.5 Å². The van der Waals surface area contributed by atoms with Gasteiger partial charge in [-0.1, -0.05) is 17.7 Å². The Bertz CT molecular complexity index is 1030. The number of methoxy groups -OCH3 is 1. The molecule has 0 bridgehead atoms. The first-order chi connectivity index (χ1) is 15.8. The van der Waals surface area contributed by atoms with Gasteiger partial charge in [0.25, 0.3) is 0 Å². The SMILES string of the molecule is COC1CN(C(=O)Nc2ccc(Cl)cc2)[C@](C)(C(=O)Nc2ccc3c(c2)CCN(C)CC3)C1. The number of nitrogens with zero attached hydrogens (tertiary/aromatic N) is 2. The highest BCUT2D eigenvalue weighted by atomic mass is 35.5. The lowest BCUT2D eigenvalue weighted by Gasteiger charge is -2.33. The number of ether oxygens (including phenoxy) is 1. The highest BCUT2D eigenvalue weighted by molar-refractivity contribution is 6.30. The molecule has 1 fully saturated rings. The quantitative estimate of drug-likeness (QED) is 0.707. The molecule has 0 spiro atoms. The zero-order chi connectivity index (χ0) is 23.6. The van der Waals surface area contributed by atoms with Crippen molar-refractivity contribution in [2.45, 2.75) is 37.8 Å². The molecule has 33 heavy (non-hydrogen) atoms. The predicted octanol–water partition coefficient (Wildman–Crippen LogP) is 4.02. The smallest absolute Gasteiger partial charge is 0.322 e. The molecule has 1 unspecified atom stereocenters. The van der Waals surface area contributed by atoms with Crippen LogP contribution in [0.4, 0.5) is 16.2 Å². The van der Waals surface area contributed by atoms with Crippen molar-refractivity contribution in [3.63, 3.8) is 0 Å². The maximum atomic E-state index is 13.5. The number of halogens is 1. The summed E-state index contributed by atoms with van der Waals surface area (Å²) in [5, 5.41) is 6.52. The number of carbonyl (C=O) groups is 2. The minimum Gasteiger partial charge on any atom is -0.380 e. The molecule has 2 atom stereocenters. The second kappa shape index (κ2) is 9.71. The number of hydrogen-bond acceptors (Lipinski definition) is 4. The Labute approximate surface area is 200 Å². The van der Waals surface area contributed by atoms with Gasteiger partial charge in [-0.15, -0.1) is 0 Å². The van der Waals surface area contributed by atoms with Crippen LogP contribution in [0.25, 0.3) is 0 Å². The molecular weight excluding hydrogens is 440 g/mol. The van der Waals surface area contributed by atoms with E-state index in [9.17, 15) is 9.59 Å². The van der Waals surface area contributed by atoms with Crippen LogP contribution in [0.5, 0.6) is 0 Å². The van der Waals surface area contributed by atoms with Crippen molar-refractivity contribution in [2.24, 2.45) is 0 Å².